The predicted molar refractivity (Wildman–Crippen MR) is 84.6 cm³/mol. The molecule has 6 heteroatoms. The largest absolute Gasteiger partial charge is 0.482 e. The summed E-state index contributed by atoms with van der Waals surface area (Å²) in [6, 6.07) is 15.9. The Bertz CT molecular complexity index is 654. The predicted octanol–water partition coefficient (Wildman–Crippen LogP) is 2.92. The molecule has 0 aliphatic heterocycles. The maximum atomic E-state index is 12.0. The summed E-state index contributed by atoms with van der Waals surface area (Å²) in [6.45, 7) is -0.210. The van der Waals surface area contributed by atoms with Crippen molar-refractivity contribution in [2.75, 3.05) is 18.6 Å². The molecule has 0 spiro atoms. The van der Waals surface area contributed by atoms with Crippen LogP contribution in [0.3, 0.4) is 0 Å². The van der Waals surface area contributed by atoms with Crippen LogP contribution in [0.15, 0.2) is 54.6 Å². The van der Waals surface area contributed by atoms with Gasteiger partial charge in [-0.05, 0) is 29.8 Å². The van der Waals surface area contributed by atoms with Gasteiger partial charge in [-0.3, -0.25) is 4.90 Å². The molecule has 0 saturated carbocycles. The average molecular weight is 315 g/mol. The van der Waals surface area contributed by atoms with Gasteiger partial charge in [0.15, 0.2) is 6.61 Å². The Labute approximate surface area is 133 Å². The molecular formula is C17H17NO5. The van der Waals surface area contributed by atoms with Gasteiger partial charge in [0, 0.05) is 12.7 Å². The van der Waals surface area contributed by atoms with Crippen molar-refractivity contribution in [1.29, 1.82) is 0 Å². The first-order chi connectivity index (χ1) is 11.1. The second kappa shape index (κ2) is 7.84. The van der Waals surface area contributed by atoms with Crippen molar-refractivity contribution in [3.8, 4) is 5.75 Å². The van der Waals surface area contributed by atoms with Crippen molar-refractivity contribution in [2.45, 2.75) is 6.61 Å². The highest BCUT2D eigenvalue weighted by Gasteiger charge is 2.12. The van der Waals surface area contributed by atoms with Gasteiger partial charge in [0.2, 0.25) is 0 Å². The van der Waals surface area contributed by atoms with Crippen molar-refractivity contribution >= 4 is 17.7 Å². The van der Waals surface area contributed by atoms with E-state index in [-0.39, 0.29) is 6.61 Å². The number of benzene rings is 2. The lowest BCUT2D eigenvalue weighted by molar-refractivity contribution is -0.139. The van der Waals surface area contributed by atoms with E-state index in [1.54, 1.807) is 31.3 Å². The standard InChI is InChI=1S/C17H17NO5/c1-18(17(21)23-11-13-5-3-2-4-6-13)14-7-9-15(10-8-14)22-12-16(19)20/h2-10H,11-12H2,1H3,(H,19,20). The smallest absolute Gasteiger partial charge is 0.414 e. The van der Waals surface area contributed by atoms with Crippen LogP contribution < -0.4 is 9.64 Å². The van der Waals surface area contributed by atoms with Gasteiger partial charge >= 0.3 is 12.1 Å². The highest BCUT2D eigenvalue weighted by Crippen LogP contribution is 2.19. The molecule has 23 heavy (non-hydrogen) atoms. The lowest BCUT2D eigenvalue weighted by atomic mass is 10.2. The van der Waals surface area contributed by atoms with Crippen LogP contribution in [-0.2, 0) is 16.1 Å². The van der Waals surface area contributed by atoms with Crippen LogP contribution in [-0.4, -0.2) is 30.8 Å². The Kier molecular flexibility index (Phi) is 5.57. The fraction of sp³-hybridized carbons (Fsp3) is 0.176. The Morgan fingerprint density at radius 2 is 1.70 bits per heavy atom. The van der Waals surface area contributed by atoms with Gasteiger partial charge in [0.1, 0.15) is 12.4 Å². The summed E-state index contributed by atoms with van der Waals surface area (Å²) in [7, 11) is 1.60. The summed E-state index contributed by atoms with van der Waals surface area (Å²) >= 11 is 0. The first-order valence-electron chi connectivity index (χ1n) is 6.95. The number of anilines is 1. The third-order valence-corrected chi connectivity index (χ3v) is 3.07. The number of hydrogen-bond donors (Lipinski definition) is 1. The van der Waals surface area contributed by atoms with Crippen molar-refractivity contribution in [3.63, 3.8) is 0 Å². The third-order valence-electron chi connectivity index (χ3n) is 3.07. The van der Waals surface area contributed by atoms with E-state index in [1.807, 2.05) is 30.3 Å². The number of carboxylic acids is 1. The van der Waals surface area contributed by atoms with Gasteiger partial charge in [-0.25, -0.2) is 9.59 Å². The quantitative estimate of drug-likeness (QED) is 0.887. The maximum absolute atomic E-state index is 12.0. The first kappa shape index (κ1) is 16.4. The van der Waals surface area contributed by atoms with E-state index < -0.39 is 18.7 Å². The van der Waals surface area contributed by atoms with Gasteiger partial charge in [-0.2, -0.15) is 0 Å². The van der Waals surface area contributed by atoms with Crippen LogP contribution in [0.2, 0.25) is 0 Å². The minimum atomic E-state index is -1.05. The molecule has 0 unspecified atom stereocenters. The SMILES string of the molecule is CN(C(=O)OCc1ccccc1)c1ccc(OCC(=O)O)cc1. The van der Waals surface area contributed by atoms with E-state index in [0.717, 1.165) is 5.56 Å². The number of carbonyl (C=O) groups is 2. The fourth-order valence-electron chi connectivity index (χ4n) is 1.83. The molecular weight excluding hydrogens is 298 g/mol. The Morgan fingerprint density at radius 3 is 2.30 bits per heavy atom. The number of hydrogen-bond acceptors (Lipinski definition) is 4. The molecule has 0 heterocycles. The van der Waals surface area contributed by atoms with Gasteiger partial charge in [-0.15, -0.1) is 0 Å². The molecule has 0 radical (unpaired) electrons. The zero-order valence-corrected chi connectivity index (χ0v) is 12.6. The molecule has 0 aromatic heterocycles. The average Bonchev–Trinajstić information content (AvgIpc) is 2.58. The molecule has 6 nitrogen and oxygen atoms in total. The van der Waals surface area contributed by atoms with Crippen LogP contribution in [0.25, 0.3) is 0 Å². The number of rotatable bonds is 6. The molecule has 1 amide bonds. The summed E-state index contributed by atoms with van der Waals surface area (Å²) in [5.74, 6) is -0.627. The van der Waals surface area contributed by atoms with Crippen LogP contribution in [0.4, 0.5) is 10.5 Å². The molecule has 2 rings (SSSR count). The molecule has 0 aliphatic rings. The van der Waals surface area contributed by atoms with E-state index >= 15 is 0 Å². The summed E-state index contributed by atoms with van der Waals surface area (Å²) in [6.07, 6.45) is -0.479. The summed E-state index contributed by atoms with van der Waals surface area (Å²) in [5.41, 5.74) is 1.53. The minimum absolute atomic E-state index is 0.198. The maximum Gasteiger partial charge on any atom is 0.414 e. The molecule has 0 aliphatic carbocycles. The second-order valence-corrected chi connectivity index (χ2v) is 4.78. The van der Waals surface area contributed by atoms with Crippen LogP contribution in [0.1, 0.15) is 5.56 Å². The Balaban J connectivity index is 1.90. The van der Waals surface area contributed by atoms with Crippen molar-refractivity contribution in [2.24, 2.45) is 0 Å². The first-order valence-corrected chi connectivity index (χ1v) is 6.95. The molecule has 2 aromatic carbocycles. The lowest BCUT2D eigenvalue weighted by Crippen LogP contribution is -2.26. The number of carboxylic acid groups (broad SMARTS) is 1. The van der Waals surface area contributed by atoms with Gasteiger partial charge < -0.3 is 14.6 Å². The number of nitrogens with zero attached hydrogens (tertiary/aromatic N) is 1. The van der Waals surface area contributed by atoms with E-state index in [4.69, 9.17) is 14.6 Å². The van der Waals surface area contributed by atoms with Gasteiger partial charge in [0.25, 0.3) is 0 Å². The zero-order valence-electron chi connectivity index (χ0n) is 12.6. The zero-order chi connectivity index (χ0) is 16.7. The summed E-state index contributed by atoms with van der Waals surface area (Å²) in [4.78, 5) is 23.8. The molecule has 0 atom stereocenters. The fourth-order valence-corrected chi connectivity index (χ4v) is 1.83. The Morgan fingerprint density at radius 1 is 1.04 bits per heavy atom. The van der Waals surface area contributed by atoms with Crippen LogP contribution in [0, 0.1) is 0 Å². The van der Waals surface area contributed by atoms with E-state index in [2.05, 4.69) is 0 Å². The highest BCUT2D eigenvalue weighted by molar-refractivity contribution is 5.87. The number of amides is 1. The monoisotopic (exact) mass is 315 g/mol. The molecule has 2 aromatic rings. The van der Waals surface area contributed by atoms with Crippen molar-refractivity contribution in [3.05, 3.63) is 60.2 Å². The number of ether oxygens (including phenoxy) is 2. The Hall–Kier alpha value is -3.02. The van der Waals surface area contributed by atoms with Gasteiger partial charge in [0.05, 0.1) is 0 Å². The molecule has 0 fully saturated rings. The summed E-state index contributed by atoms with van der Waals surface area (Å²) < 4.78 is 10.3. The highest BCUT2D eigenvalue weighted by atomic mass is 16.6. The molecule has 0 saturated heterocycles. The van der Waals surface area contributed by atoms with Crippen molar-refractivity contribution < 1.29 is 24.2 Å². The topological polar surface area (TPSA) is 76.1 Å². The molecule has 120 valence electrons. The number of aliphatic carboxylic acids is 1. The van der Waals surface area contributed by atoms with Gasteiger partial charge in [-0.1, -0.05) is 30.3 Å². The van der Waals surface area contributed by atoms with Crippen LogP contribution >= 0.6 is 0 Å². The van der Waals surface area contributed by atoms with E-state index in [9.17, 15) is 9.59 Å². The molecule has 1 N–H and O–H groups in total. The molecule has 0 bridgehead atoms. The van der Waals surface area contributed by atoms with Crippen molar-refractivity contribution in [1.82, 2.24) is 0 Å². The normalized spacial score (nSPS) is 9.96. The second-order valence-electron chi connectivity index (χ2n) is 4.78. The van der Waals surface area contributed by atoms with Crippen LogP contribution in [0.5, 0.6) is 5.75 Å². The lowest BCUT2D eigenvalue weighted by Gasteiger charge is -2.17. The summed E-state index contributed by atoms with van der Waals surface area (Å²) in [5, 5.41) is 8.55. The third kappa shape index (κ3) is 5.03. The van der Waals surface area contributed by atoms with E-state index in [1.165, 1.54) is 4.90 Å². The van der Waals surface area contributed by atoms with E-state index in [0.29, 0.717) is 11.4 Å². The minimum Gasteiger partial charge on any atom is -0.482 e. The number of carbonyl (C=O) groups excluding carboxylic acids is 1.